The zero-order valence-electron chi connectivity index (χ0n) is 22.1. The Hall–Kier alpha value is -5.34. The number of benzene rings is 3. The van der Waals surface area contributed by atoms with Gasteiger partial charge in [0, 0.05) is 11.6 Å². The number of hydrogen-bond donors (Lipinski definition) is 4. The number of nitrogens with zero attached hydrogens (tertiary/aromatic N) is 4. The van der Waals surface area contributed by atoms with Crippen molar-refractivity contribution in [3.8, 4) is 5.75 Å². The molecule has 14 nitrogen and oxygen atoms in total. The van der Waals surface area contributed by atoms with E-state index in [9.17, 15) is 24.3 Å². The Morgan fingerprint density at radius 1 is 1.02 bits per heavy atom. The molecule has 7 N–H and O–H groups in total. The molecule has 0 aromatic heterocycles. The van der Waals surface area contributed by atoms with Gasteiger partial charge in [0.15, 0.2) is 0 Å². The predicted molar refractivity (Wildman–Crippen MR) is 151 cm³/mol. The van der Waals surface area contributed by atoms with Gasteiger partial charge in [-0.05, 0) is 66.6 Å². The van der Waals surface area contributed by atoms with Gasteiger partial charge in [-0.3, -0.25) is 4.79 Å². The zero-order chi connectivity index (χ0) is 30.8. The van der Waals surface area contributed by atoms with Crippen molar-refractivity contribution in [1.29, 1.82) is 0 Å². The van der Waals surface area contributed by atoms with E-state index in [2.05, 4.69) is 20.2 Å². The van der Waals surface area contributed by atoms with Gasteiger partial charge in [0.25, 0.3) is 0 Å². The van der Waals surface area contributed by atoms with Crippen LogP contribution in [0.3, 0.4) is 0 Å². The molecule has 1 amide bonds. The summed E-state index contributed by atoms with van der Waals surface area (Å²) >= 11 is 6.46. The van der Waals surface area contributed by atoms with Crippen molar-refractivity contribution in [3.05, 3.63) is 94.0 Å². The first kappa shape index (κ1) is 31.2. The highest BCUT2D eigenvalue weighted by Gasteiger charge is 2.27. The average molecular weight is 596 g/mol. The van der Waals surface area contributed by atoms with Crippen LogP contribution in [0.1, 0.15) is 44.7 Å². The van der Waals surface area contributed by atoms with Crippen molar-refractivity contribution < 1.29 is 33.9 Å². The summed E-state index contributed by atoms with van der Waals surface area (Å²) in [7, 11) is 0. The summed E-state index contributed by atoms with van der Waals surface area (Å²) in [5.41, 5.74) is 7.02. The topological polar surface area (TPSA) is 225 Å². The number of aliphatic imine (C=N–C) groups is 1. The van der Waals surface area contributed by atoms with Gasteiger partial charge in [0.2, 0.25) is 11.9 Å². The van der Waals surface area contributed by atoms with Crippen LogP contribution in [0.2, 0.25) is 5.02 Å². The molecule has 0 saturated carbocycles. The molecule has 0 saturated heterocycles. The van der Waals surface area contributed by atoms with Gasteiger partial charge < -0.3 is 31.2 Å². The third-order valence-electron chi connectivity index (χ3n) is 5.84. The Morgan fingerprint density at radius 3 is 2.36 bits per heavy atom. The average Bonchev–Trinajstić information content (AvgIpc) is 2.96. The number of carbonyl (C=O) groups excluding carboxylic acids is 3. The fourth-order valence-electron chi connectivity index (χ4n) is 3.81. The maximum atomic E-state index is 13.4. The fourth-order valence-corrected chi connectivity index (χ4v) is 4.14. The minimum absolute atomic E-state index is 0.0199. The number of aromatic carboxylic acids is 1. The molecule has 0 aliphatic heterocycles. The number of ether oxygens (including phenoxy) is 1. The molecule has 0 bridgehead atoms. The summed E-state index contributed by atoms with van der Waals surface area (Å²) in [6.07, 6.45) is 0. The highest BCUT2D eigenvalue weighted by Crippen LogP contribution is 2.30. The molecular weight excluding hydrogens is 570 g/mol. The van der Waals surface area contributed by atoms with E-state index in [4.69, 9.17) is 33.8 Å². The molecule has 0 spiro atoms. The molecule has 218 valence electrons. The number of nitrogens with two attached hydrogens (primary N) is 3. The van der Waals surface area contributed by atoms with E-state index in [0.29, 0.717) is 16.8 Å². The van der Waals surface area contributed by atoms with Crippen LogP contribution in [0.25, 0.3) is 0 Å². The SMILES string of the molecule is CC(C(=O)N(CC(=O)ON)Cc1cccc(C(=O)O)c1)c1ccc(OC(=O)c2ccc(N=C(N)N=NN)cc2)cc1Cl. The number of carboxylic acids is 1. The van der Waals surface area contributed by atoms with Crippen molar-refractivity contribution in [3.63, 3.8) is 0 Å². The van der Waals surface area contributed by atoms with E-state index in [-0.39, 0.29) is 34.4 Å². The monoisotopic (exact) mass is 595 g/mol. The first-order chi connectivity index (χ1) is 20.0. The predicted octanol–water partition coefficient (Wildman–Crippen LogP) is 3.08. The molecule has 0 fully saturated rings. The third-order valence-corrected chi connectivity index (χ3v) is 6.16. The molecule has 3 rings (SSSR count). The summed E-state index contributed by atoms with van der Waals surface area (Å²) in [6.45, 7) is 0.994. The van der Waals surface area contributed by atoms with Gasteiger partial charge in [-0.25, -0.2) is 19.4 Å². The number of carboxylic acid groups (broad SMARTS) is 1. The molecule has 3 aromatic rings. The highest BCUT2D eigenvalue weighted by atomic mass is 35.5. The van der Waals surface area contributed by atoms with Crippen LogP contribution in [0.15, 0.2) is 82.1 Å². The minimum Gasteiger partial charge on any atom is -0.478 e. The van der Waals surface area contributed by atoms with Crippen molar-refractivity contribution in [2.45, 2.75) is 19.4 Å². The van der Waals surface area contributed by atoms with E-state index < -0.39 is 36.3 Å². The van der Waals surface area contributed by atoms with Crippen LogP contribution < -0.4 is 22.2 Å². The number of esters is 1. The second kappa shape index (κ2) is 14.3. The van der Waals surface area contributed by atoms with Crippen molar-refractivity contribution in [1.82, 2.24) is 4.90 Å². The van der Waals surface area contributed by atoms with Gasteiger partial charge in [0.05, 0.1) is 22.7 Å². The van der Waals surface area contributed by atoms with E-state index in [0.717, 1.165) is 0 Å². The summed E-state index contributed by atoms with van der Waals surface area (Å²) in [5, 5.41) is 15.8. The van der Waals surface area contributed by atoms with Crippen LogP contribution in [-0.4, -0.2) is 46.3 Å². The molecular formula is C27H26ClN7O7. The van der Waals surface area contributed by atoms with Crippen LogP contribution >= 0.6 is 11.6 Å². The molecule has 3 aromatic carbocycles. The summed E-state index contributed by atoms with van der Waals surface area (Å²) < 4.78 is 5.41. The Kier molecular flexibility index (Phi) is 10.6. The summed E-state index contributed by atoms with van der Waals surface area (Å²) in [4.78, 5) is 58.7. The van der Waals surface area contributed by atoms with Crippen molar-refractivity contribution in [2.75, 3.05) is 6.54 Å². The number of guanidine groups is 1. The number of halogens is 1. The molecule has 0 radical (unpaired) electrons. The zero-order valence-corrected chi connectivity index (χ0v) is 22.9. The Bertz CT molecular complexity index is 1540. The van der Waals surface area contributed by atoms with E-state index in [1.54, 1.807) is 13.0 Å². The lowest BCUT2D eigenvalue weighted by Crippen LogP contribution is -2.39. The second-order valence-corrected chi connectivity index (χ2v) is 9.12. The third kappa shape index (κ3) is 8.33. The molecule has 1 unspecified atom stereocenters. The molecule has 42 heavy (non-hydrogen) atoms. The van der Waals surface area contributed by atoms with Gasteiger partial charge in [-0.1, -0.05) is 40.1 Å². The van der Waals surface area contributed by atoms with Gasteiger partial charge in [-0.2, -0.15) is 5.90 Å². The molecule has 15 heteroatoms. The lowest BCUT2D eigenvalue weighted by Gasteiger charge is -2.25. The van der Waals surface area contributed by atoms with Gasteiger partial charge in [0.1, 0.15) is 12.3 Å². The van der Waals surface area contributed by atoms with Crippen LogP contribution in [0.4, 0.5) is 5.69 Å². The highest BCUT2D eigenvalue weighted by molar-refractivity contribution is 6.31. The standard InChI is InChI=1S/C27H26ClN7O7/c1-15(24(37)35(14-23(36)42-31)13-16-3-2-4-18(11-16)25(38)39)21-10-9-20(12-22(21)28)41-26(40)17-5-7-19(8-6-17)32-27(29)33-34-30/h2-12,15H,13-14,31H2,1H3,(H,38,39)(H4,29,30,32,33). The lowest BCUT2D eigenvalue weighted by atomic mass is 9.98. The summed E-state index contributed by atoms with van der Waals surface area (Å²) in [6, 6.07) is 16.3. The number of hydrogen-bond acceptors (Lipinski definition) is 9. The normalized spacial score (nSPS) is 12.0. The lowest BCUT2D eigenvalue weighted by molar-refractivity contribution is -0.150. The van der Waals surface area contributed by atoms with E-state index in [1.807, 2.05) is 0 Å². The van der Waals surface area contributed by atoms with Gasteiger partial charge in [-0.15, -0.1) is 0 Å². The second-order valence-electron chi connectivity index (χ2n) is 8.72. The van der Waals surface area contributed by atoms with Crippen molar-refractivity contribution in [2.24, 2.45) is 32.8 Å². The van der Waals surface area contributed by atoms with E-state index in [1.165, 1.54) is 65.6 Å². The quantitative estimate of drug-likeness (QED) is 0.0509. The molecule has 0 aliphatic carbocycles. The maximum absolute atomic E-state index is 13.4. The Labute approximate surface area is 244 Å². The van der Waals surface area contributed by atoms with Crippen LogP contribution in [0, 0.1) is 0 Å². The van der Waals surface area contributed by atoms with Gasteiger partial charge >= 0.3 is 17.9 Å². The van der Waals surface area contributed by atoms with Crippen LogP contribution in [-0.2, 0) is 21.0 Å². The van der Waals surface area contributed by atoms with Crippen molar-refractivity contribution >= 4 is 47.1 Å². The van der Waals surface area contributed by atoms with E-state index >= 15 is 0 Å². The number of amides is 1. The fraction of sp³-hybridized carbons (Fsp3) is 0.148. The molecule has 0 aliphatic rings. The Morgan fingerprint density at radius 2 is 1.74 bits per heavy atom. The smallest absolute Gasteiger partial charge is 0.344 e. The Balaban J connectivity index is 1.75. The summed E-state index contributed by atoms with van der Waals surface area (Å²) in [5.74, 6) is 5.80. The minimum atomic E-state index is -1.14. The number of rotatable bonds is 10. The maximum Gasteiger partial charge on any atom is 0.344 e. The molecule has 1 atom stereocenters. The van der Waals surface area contributed by atoms with Crippen LogP contribution in [0.5, 0.6) is 5.75 Å². The number of carbonyl (C=O) groups is 4. The first-order valence-corrected chi connectivity index (χ1v) is 12.5. The first-order valence-electron chi connectivity index (χ1n) is 12.1. The largest absolute Gasteiger partial charge is 0.478 e. The molecule has 0 heterocycles.